The predicted molar refractivity (Wildman–Crippen MR) is 123 cm³/mol. The molecule has 0 unspecified atom stereocenters. The number of carbonyl (C=O) groups excluding carboxylic acids is 3. The molecule has 3 fully saturated rings. The van der Waals surface area contributed by atoms with E-state index in [-0.39, 0.29) is 48.5 Å². The summed E-state index contributed by atoms with van der Waals surface area (Å²) in [5, 5.41) is 17.0. The molecular weight excluding hydrogens is 479 g/mol. The molecule has 0 aromatic carbocycles. The number of hydrogen-bond acceptors (Lipinski definition) is 6. The summed E-state index contributed by atoms with van der Waals surface area (Å²) >= 11 is 0. The molecule has 36 heavy (non-hydrogen) atoms. The first kappa shape index (κ1) is 28.2. The van der Waals surface area contributed by atoms with Crippen LogP contribution in [0.5, 0.6) is 0 Å². The second kappa shape index (κ2) is 10.2. The lowest BCUT2D eigenvalue weighted by Crippen LogP contribution is -2.59. The number of nitrogens with zero attached hydrogens (tertiary/aromatic N) is 2. The number of piperidine rings is 1. The first-order valence-electron chi connectivity index (χ1n) is 12.3. The van der Waals surface area contributed by atoms with E-state index in [4.69, 9.17) is 4.74 Å². The molecule has 202 valence electrons. The molecule has 3 N–H and O–H groups in total. The molecule has 2 heterocycles. The number of nitrogens with one attached hydrogen (secondary N) is 3. The second-order valence-electron chi connectivity index (χ2n) is 11.7. The van der Waals surface area contributed by atoms with Crippen molar-refractivity contribution in [1.82, 2.24) is 20.9 Å². The van der Waals surface area contributed by atoms with Crippen molar-refractivity contribution in [3.8, 4) is 6.07 Å². The maximum absolute atomic E-state index is 13.4. The molecule has 1 saturated carbocycles. The van der Waals surface area contributed by atoms with E-state index in [0.29, 0.717) is 25.9 Å². The third-order valence-corrected chi connectivity index (χ3v) is 7.84. The Morgan fingerprint density at radius 1 is 1.31 bits per heavy atom. The van der Waals surface area contributed by atoms with E-state index in [9.17, 15) is 32.8 Å². The predicted octanol–water partition coefficient (Wildman–Crippen LogP) is 1.54. The molecule has 2 saturated heterocycles. The summed E-state index contributed by atoms with van der Waals surface area (Å²) in [5.74, 6) is -2.68. The third kappa shape index (κ3) is 5.94. The lowest BCUT2D eigenvalue weighted by molar-refractivity contribution is -0.176. The highest BCUT2D eigenvalue weighted by Crippen LogP contribution is 2.65. The van der Waals surface area contributed by atoms with Crippen molar-refractivity contribution in [2.24, 2.45) is 28.6 Å². The molecule has 3 rings (SSSR count). The normalized spacial score (nSPS) is 28.6. The Kier molecular flexibility index (Phi) is 7.96. The fraction of sp³-hybridized carbons (Fsp3) is 0.833. The van der Waals surface area contributed by atoms with Crippen LogP contribution in [0, 0.1) is 39.9 Å². The highest BCUT2D eigenvalue weighted by Gasteiger charge is 2.68. The zero-order valence-corrected chi connectivity index (χ0v) is 21.4. The summed E-state index contributed by atoms with van der Waals surface area (Å²) in [7, 11) is 0. The quantitative estimate of drug-likeness (QED) is 0.316. The van der Waals surface area contributed by atoms with E-state index < -0.39 is 35.5 Å². The molecule has 0 bridgehead atoms. The van der Waals surface area contributed by atoms with E-state index in [1.807, 2.05) is 5.32 Å². The third-order valence-electron chi connectivity index (χ3n) is 7.84. The SMILES string of the molecule is CC(C)(C)[C@H](NC(=O)C(F)(F)F)C(=O)N1C[C@H]2[C@@H]([C@H]1COCN[C@H](C#N)C[C@@H]1CCNC1=O)C2(C)C. The van der Waals surface area contributed by atoms with E-state index >= 15 is 0 Å². The summed E-state index contributed by atoms with van der Waals surface area (Å²) in [6.45, 7) is 10.1. The van der Waals surface area contributed by atoms with Gasteiger partial charge in [-0.2, -0.15) is 18.4 Å². The lowest BCUT2D eigenvalue weighted by atomic mass is 9.85. The molecule has 3 aliphatic rings. The van der Waals surface area contributed by atoms with E-state index in [0.717, 1.165) is 0 Å². The Morgan fingerprint density at radius 3 is 2.50 bits per heavy atom. The van der Waals surface area contributed by atoms with Crippen molar-refractivity contribution in [3.05, 3.63) is 0 Å². The molecule has 1 aliphatic carbocycles. The van der Waals surface area contributed by atoms with Crippen LogP contribution < -0.4 is 16.0 Å². The fourth-order valence-electron chi connectivity index (χ4n) is 5.59. The van der Waals surface area contributed by atoms with Crippen LogP contribution in [0.25, 0.3) is 0 Å². The molecule has 0 spiro atoms. The highest BCUT2D eigenvalue weighted by atomic mass is 19.4. The summed E-state index contributed by atoms with van der Waals surface area (Å²) in [5.41, 5.74) is -0.977. The Bertz CT molecular complexity index is 911. The van der Waals surface area contributed by atoms with Gasteiger partial charge in [0.25, 0.3) is 0 Å². The van der Waals surface area contributed by atoms with Gasteiger partial charge in [0.1, 0.15) is 6.04 Å². The van der Waals surface area contributed by atoms with Gasteiger partial charge in [-0.05, 0) is 35.5 Å². The number of rotatable bonds is 9. The number of fused-ring (bicyclic) bond motifs is 1. The largest absolute Gasteiger partial charge is 0.471 e. The zero-order valence-electron chi connectivity index (χ0n) is 21.4. The van der Waals surface area contributed by atoms with E-state index in [2.05, 4.69) is 30.6 Å². The zero-order chi connectivity index (χ0) is 27.1. The highest BCUT2D eigenvalue weighted by molar-refractivity contribution is 5.91. The number of nitriles is 1. The Hall–Kier alpha value is -2.39. The Labute approximate surface area is 209 Å². The number of amides is 3. The van der Waals surface area contributed by atoms with Crippen LogP contribution in [-0.2, 0) is 19.1 Å². The van der Waals surface area contributed by atoms with Gasteiger partial charge in [0.15, 0.2) is 0 Å². The summed E-state index contributed by atoms with van der Waals surface area (Å²) in [6.07, 6.45) is -4.05. The monoisotopic (exact) mass is 515 g/mol. The topological polar surface area (TPSA) is 124 Å². The van der Waals surface area contributed by atoms with Crippen LogP contribution in [0.2, 0.25) is 0 Å². The van der Waals surface area contributed by atoms with Gasteiger partial charge in [-0.1, -0.05) is 34.6 Å². The maximum atomic E-state index is 13.4. The van der Waals surface area contributed by atoms with Gasteiger partial charge in [-0.15, -0.1) is 0 Å². The van der Waals surface area contributed by atoms with Crippen molar-refractivity contribution in [1.29, 1.82) is 5.26 Å². The van der Waals surface area contributed by atoms with Crippen LogP contribution in [0.4, 0.5) is 13.2 Å². The van der Waals surface area contributed by atoms with Crippen LogP contribution in [0.15, 0.2) is 0 Å². The molecule has 0 aromatic rings. The average Bonchev–Trinajstić information content (AvgIpc) is 3.09. The van der Waals surface area contributed by atoms with Gasteiger partial charge >= 0.3 is 12.1 Å². The first-order valence-corrected chi connectivity index (χ1v) is 12.3. The lowest BCUT2D eigenvalue weighted by Gasteiger charge is -2.38. The van der Waals surface area contributed by atoms with Crippen molar-refractivity contribution in [3.63, 3.8) is 0 Å². The van der Waals surface area contributed by atoms with Crippen LogP contribution in [0.1, 0.15) is 47.5 Å². The number of hydrogen-bond donors (Lipinski definition) is 3. The van der Waals surface area contributed by atoms with Crippen molar-refractivity contribution < 1.29 is 32.3 Å². The summed E-state index contributed by atoms with van der Waals surface area (Å²) in [6, 6.07) is -0.167. The average molecular weight is 516 g/mol. The minimum atomic E-state index is -5.09. The molecule has 3 amide bonds. The molecule has 9 nitrogen and oxygen atoms in total. The molecular formula is C24H36F3N5O4. The molecule has 12 heteroatoms. The van der Waals surface area contributed by atoms with Gasteiger partial charge in [-0.3, -0.25) is 19.7 Å². The Balaban J connectivity index is 1.62. The Morgan fingerprint density at radius 2 is 1.97 bits per heavy atom. The minimum absolute atomic E-state index is 0.0242. The minimum Gasteiger partial charge on any atom is -0.364 e. The molecule has 0 radical (unpaired) electrons. The van der Waals surface area contributed by atoms with E-state index in [1.165, 1.54) is 4.90 Å². The number of alkyl halides is 3. The first-order chi connectivity index (χ1) is 16.6. The molecule has 2 aliphatic heterocycles. The standard InChI is InChI=1S/C24H36F3N5O4/c1-22(2,3)18(31-21(35)24(25,26)27)20(34)32-10-15-17(23(15,4)5)16(32)11-36-12-30-14(9-28)8-13-6-7-29-19(13)33/h13-18,30H,6-8,10-12H2,1-5H3,(H,29,33)(H,31,35)/t13-,14-,15-,16+,17-,18+/m0/s1. The molecule has 0 aromatic heterocycles. The smallest absolute Gasteiger partial charge is 0.364 e. The number of ether oxygens (including phenoxy) is 1. The van der Waals surface area contributed by atoms with Crippen molar-refractivity contribution in [2.45, 2.75) is 71.8 Å². The summed E-state index contributed by atoms with van der Waals surface area (Å²) in [4.78, 5) is 38.4. The van der Waals surface area contributed by atoms with Crippen LogP contribution in [0.3, 0.4) is 0 Å². The van der Waals surface area contributed by atoms with Gasteiger partial charge in [0.2, 0.25) is 11.8 Å². The second-order valence-corrected chi connectivity index (χ2v) is 11.7. The number of carbonyl (C=O) groups is 3. The fourth-order valence-corrected chi connectivity index (χ4v) is 5.59. The van der Waals surface area contributed by atoms with Crippen LogP contribution in [-0.4, -0.2) is 73.4 Å². The number of likely N-dealkylation sites (tertiary alicyclic amines) is 1. The van der Waals surface area contributed by atoms with Crippen LogP contribution >= 0.6 is 0 Å². The van der Waals surface area contributed by atoms with Crippen molar-refractivity contribution >= 4 is 17.7 Å². The van der Waals surface area contributed by atoms with E-state index in [1.54, 1.807) is 20.8 Å². The van der Waals surface area contributed by atoms with Crippen molar-refractivity contribution in [2.75, 3.05) is 26.4 Å². The summed E-state index contributed by atoms with van der Waals surface area (Å²) < 4.78 is 44.6. The maximum Gasteiger partial charge on any atom is 0.471 e. The molecule has 6 atom stereocenters. The number of halogens is 3. The van der Waals surface area contributed by atoms with Gasteiger partial charge < -0.3 is 20.3 Å². The van der Waals surface area contributed by atoms with Gasteiger partial charge in [0, 0.05) is 19.0 Å². The van der Waals surface area contributed by atoms with Gasteiger partial charge in [0.05, 0.1) is 31.5 Å². The van der Waals surface area contributed by atoms with Gasteiger partial charge in [-0.25, -0.2) is 0 Å².